The van der Waals surface area contributed by atoms with Crippen molar-refractivity contribution in [3.8, 4) is 17.7 Å². The minimum Gasteiger partial charge on any atom is -0.439 e. The van der Waals surface area contributed by atoms with Gasteiger partial charge in [-0.3, -0.25) is 0 Å². The molecule has 0 aliphatic heterocycles. The van der Waals surface area contributed by atoms with Gasteiger partial charge in [-0.25, -0.2) is 4.98 Å². The van der Waals surface area contributed by atoms with Crippen molar-refractivity contribution in [2.75, 3.05) is 11.9 Å². The third kappa shape index (κ3) is 3.42. The SMILES string of the molecule is CCNc1cc(Oc2cccc(C#N)c2)nc(C)n1. The fraction of sp³-hybridized carbons (Fsp3) is 0.214. The zero-order valence-corrected chi connectivity index (χ0v) is 10.8. The lowest BCUT2D eigenvalue weighted by molar-refractivity contribution is 0.460. The summed E-state index contributed by atoms with van der Waals surface area (Å²) in [5, 5.41) is 12.0. The number of rotatable bonds is 4. The van der Waals surface area contributed by atoms with Crippen LogP contribution in [-0.2, 0) is 0 Å². The Hall–Kier alpha value is -2.61. The molecule has 0 aliphatic carbocycles. The van der Waals surface area contributed by atoms with Gasteiger partial charge in [0.2, 0.25) is 5.88 Å². The standard InChI is InChI=1S/C14H14N4O/c1-3-16-13-8-14(18-10(2)17-13)19-12-6-4-5-11(7-12)9-15/h4-8H,3H2,1-2H3,(H,16,17,18). The normalized spacial score (nSPS) is 9.74. The Balaban J connectivity index is 2.25. The van der Waals surface area contributed by atoms with Crippen LogP contribution in [0.15, 0.2) is 30.3 Å². The van der Waals surface area contributed by atoms with Gasteiger partial charge in [0.15, 0.2) is 0 Å². The maximum Gasteiger partial charge on any atom is 0.224 e. The first-order chi connectivity index (χ1) is 9.21. The van der Waals surface area contributed by atoms with E-state index >= 15 is 0 Å². The summed E-state index contributed by atoms with van der Waals surface area (Å²) in [5.74, 6) is 2.39. The van der Waals surface area contributed by atoms with Gasteiger partial charge in [-0.15, -0.1) is 0 Å². The summed E-state index contributed by atoms with van der Waals surface area (Å²) in [4.78, 5) is 8.45. The van der Waals surface area contributed by atoms with Crippen LogP contribution >= 0.6 is 0 Å². The highest BCUT2D eigenvalue weighted by Crippen LogP contribution is 2.22. The van der Waals surface area contributed by atoms with E-state index in [1.54, 1.807) is 37.3 Å². The number of nitriles is 1. The Labute approximate surface area is 111 Å². The van der Waals surface area contributed by atoms with Crippen LogP contribution < -0.4 is 10.1 Å². The number of aryl methyl sites for hydroxylation is 1. The summed E-state index contributed by atoms with van der Waals surface area (Å²) in [7, 11) is 0. The minimum atomic E-state index is 0.457. The molecule has 5 heteroatoms. The lowest BCUT2D eigenvalue weighted by Gasteiger charge is -2.08. The Bertz CT molecular complexity index is 619. The summed E-state index contributed by atoms with van der Waals surface area (Å²) >= 11 is 0. The second-order valence-electron chi connectivity index (χ2n) is 3.91. The van der Waals surface area contributed by atoms with E-state index in [1.807, 2.05) is 6.92 Å². The van der Waals surface area contributed by atoms with Crippen LogP contribution in [0.1, 0.15) is 18.3 Å². The van der Waals surface area contributed by atoms with Gasteiger partial charge in [0, 0.05) is 12.6 Å². The maximum absolute atomic E-state index is 8.85. The molecule has 0 atom stereocenters. The van der Waals surface area contributed by atoms with Crippen LogP contribution in [-0.4, -0.2) is 16.5 Å². The molecule has 0 unspecified atom stereocenters. The van der Waals surface area contributed by atoms with E-state index in [-0.39, 0.29) is 0 Å². The van der Waals surface area contributed by atoms with E-state index in [0.29, 0.717) is 23.0 Å². The Morgan fingerprint density at radius 2 is 2.16 bits per heavy atom. The zero-order chi connectivity index (χ0) is 13.7. The summed E-state index contributed by atoms with van der Waals surface area (Å²) < 4.78 is 5.65. The van der Waals surface area contributed by atoms with E-state index in [2.05, 4.69) is 21.4 Å². The number of benzene rings is 1. The lowest BCUT2D eigenvalue weighted by Crippen LogP contribution is -2.02. The smallest absolute Gasteiger partial charge is 0.224 e. The van der Waals surface area contributed by atoms with Crippen molar-refractivity contribution in [2.45, 2.75) is 13.8 Å². The molecule has 0 radical (unpaired) electrons. The molecule has 0 amide bonds. The van der Waals surface area contributed by atoms with Crippen molar-refractivity contribution in [1.29, 1.82) is 5.26 Å². The highest BCUT2D eigenvalue weighted by atomic mass is 16.5. The number of ether oxygens (including phenoxy) is 1. The molecule has 19 heavy (non-hydrogen) atoms. The van der Waals surface area contributed by atoms with E-state index in [1.165, 1.54) is 0 Å². The molecule has 96 valence electrons. The van der Waals surface area contributed by atoms with Gasteiger partial charge in [0.25, 0.3) is 0 Å². The van der Waals surface area contributed by atoms with Crippen LogP contribution in [0, 0.1) is 18.3 Å². The van der Waals surface area contributed by atoms with Crippen LogP contribution in [0.2, 0.25) is 0 Å². The lowest BCUT2D eigenvalue weighted by atomic mass is 10.2. The van der Waals surface area contributed by atoms with E-state index in [9.17, 15) is 0 Å². The number of nitrogens with one attached hydrogen (secondary N) is 1. The molecular weight excluding hydrogens is 240 g/mol. The number of nitrogens with zero attached hydrogens (tertiary/aromatic N) is 3. The predicted molar refractivity (Wildman–Crippen MR) is 72.2 cm³/mol. The molecule has 1 heterocycles. The third-order valence-corrected chi connectivity index (χ3v) is 2.36. The highest BCUT2D eigenvalue weighted by Gasteiger charge is 2.04. The molecule has 1 aromatic heterocycles. The molecule has 0 saturated heterocycles. The van der Waals surface area contributed by atoms with Gasteiger partial charge in [-0.1, -0.05) is 6.07 Å². The number of aromatic nitrogens is 2. The summed E-state index contributed by atoms with van der Waals surface area (Å²) in [5.41, 5.74) is 0.551. The van der Waals surface area contributed by atoms with Crippen LogP contribution in [0.3, 0.4) is 0 Å². The number of anilines is 1. The first kappa shape index (κ1) is 12.8. The molecular formula is C14H14N4O. The van der Waals surface area contributed by atoms with Gasteiger partial charge in [0.05, 0.1) is 11.6 Å². The molecule has 0 aliphatic rings. The quantitative estimate of drug-likeness (QED) is 0.908. The van der Waals surface area contributed by atoms with Crippen molar-refractivity contribution < 1.29 is 4.74 Å². The number of hydrogen-bond acceptors (Lipinski definition) is 5. The summed E-state index contributed by atoms with van der Waals surface area (Å²) in [6, 6.07) is 10.8. The Kier molecular flexibility index (Phi) is 3.94. The van der Waals surface area contributed by atoms with Gasteiger partial charge >= 0.3 is 0 Å². The second kappa shape index (κ2) is 5.83. The topological polar surface area (TPSA) is 70.8 Å². The van der Waals surface area contributed by atoms with Crippen molar-refractivity contribution in [1.82, 2.24) is 9.97 Å². The van der Waals surface area contributed by atoms with Crippen LogP contribution in [0.5, 0.6) is 11.6 Å². The van der Waals surface area contributed by atoms with Gasteiger partial charge in [-0.2, -0.15) is 10.2 Å². The molecule has 0 spiro atoms. The minimum absolute atomic E-state index is 0.457. The van der Waals surface area contributed by atoms with Crippen molar-refractivity contribution in [3.63, 3.8) is 0 Å². The van der Waals surface area contributed by atoms with Crippen molar-refractivity contribution in [3.05, 3.63) is 41.7 Å². The maximum atomic E-state index is 8.85. The molecule has 2 rings (SSSR count). The third-order valence-electron chi connectivity index (χ3n) is 2.36. The molecule has 0 bridgehead atoms. The molecule has 1 N–H and O–H groups in total. The van der Waals surface area contributed by atoms with E-state index < -0.39 is 0 Å². The largest absolute Gasteiger partial charge is 0.439 e. The number of hydrogen-bond donors (Lipinski definition) is 1. The average molecular weight is 254 g/mol. The highest BCUT2D eigenvalue weighted by molar-refractivity contribution is 5.41. The first-order valence-electron chi connectivity index (χ1n) is 5.99. The predicted octanol–water partition coefficient (Wildman–Crippen LogP) is 2.88. The molecule has 2 aromatic rings. The second-order valence-corrected chi connectivity index (χ2v) is 3.91. The first-order valence-corrected chi connectivity index (χ1v) is 5.99. The van der Waals surface area contributed by atoms with Crippen LogP contribution in [0.25, 0.3) is 0 Å². The van der Waals surface area contributed by atoms with E-state index in [4.69, 9.17) is 10.00 Å². The zero-order valence-electron chi connectivity index (χ0n) is 10.8. The average Bonchev–Trinajstić information content (AvgIpc) is 2.38. The Morgan fingerprint density at radius 3 is 2.89 bits per heavy atom. The Morgan fingerprint density at radius 1 is 1.32 bits per heavy atom. The fourth-order valence-electron chi connectivity index (χ4n) is 1.61. The van der Waals surface area contributed by atoms with Gasteiger partial charge < -0.3 is 10.1 Å². The van der Waals surface area contributed by atoms with Crippen LogP contribution in [0.4, 0.5) is 5.82 Å². The van der Waals surface area contributed by atoms with Crippen molar-refractivity contribution >= 4 is 5.82 Å². The summed E-state index contributed by atoms with van der Waals surface area (Å²) in [6.07, 6.45) is 0. The van der Waals surface area contributed by atoms with E-state index in [0.717, 1.165) is 12.4 Å². The van der Waals surface area contributed by atoms with Crippen molar-refractivity contribution in [2.24, 2.45) is 0 Å². The summed E-state index contributed by atoms with van der Waals surface area (Å²) in [6.45, 7) is 4.58. The van der Waals surface area contributed by atoms with Gasteiger partial charge in [-0.05, 0) is 32.0 Å². The van der Waals surface area contributed by atoms with Gasteiger partial charge in [0.1, 0.15) is 17.4 Å². The molecule has 0 saturated carbocycles. The molecule has 1 aromatic carbocycles. The molecule has 0 fully saturated rings. The monoisotopic (exact) mass is 254 g/mol. The molecule has 5 nitrogen and oxygen atoms in total. The fourth-order valence-corrected chi connectivity index (χ4v) is 1.61.